The average Bonchev–Trinajstić information content (AvgIpc) is 3.10. The highest BCUT2D eigenvalue weighted by Crippen LogP contribution is 2.31. The number of nitrogens with one attached hydrogen (secondary N) is 1. The Morgan fingerprint density at radius 2 is 2.30 bits per heavy atom. The van der Waals surface area contributed by atoms with E-state index in [2.05, 4.69) is 15.3 Å². The molecule has 0 bridgehead atoms. The number of pyridine rings is 1. The van der Waals surface area contributed by atoms with Gasteiger partial charge in [0.05, 0.1) is 17.5 Å². The van der Waals surface area contributed by atoms with E-state index in [0.29, 0.717) is 5.56 Å². The Morgan fingerprint density at radius 3 is 3.00 bits per heavy atom. The van der Waals surface area contributed by atoms with E-state index in [1.165, 1.54) is 23.9 Å². The largest absolute Gasteiger partial charge is 0.472 e. The van der Waals surface area contributed by atoms with Crippen LogP contribution < -0.4 is 5.32 Å². The summed E-state index contributed by atoms with van der Waals surface area (Å²) < 4.78 is 4.90. The van der Waals surface area contributed by atoms with E-state index in [4.69, 9.17) is 4.42 Å². The summed E-state index contributed by atoms with van der Waals surface area (Å²) in [7, 11) is 0. The lowest BCUT2D eigenvalue weighted by Gasteiger charge is -1.99. The third-order valence-corrected chi connectivity index (χ3v) is 3.84. The lowest BCUT2D eigenvalue weighted by atomic mass is 10.3. The second kappa shape index (κ2) is 5.26. The Balaban J connectivity index is 1.85. The highest BCUT2D eigenvalue weighted by Gasteiger charge is 2.13. The lowest BCUT2D eigenvalue weighted by molar-refractivity contribution is 0.102. The fourth-order valence-electron chi connectivity index (χ4n) is 1.69. The van der Waals surface area contributed by atoms with Gasteiger partial charge in [-0.1, -0.05) is 11.3 Å². The SMILES string of the molecule is Cc1nc(-c2cccnc2)sc1NC(=O)c1ccoc1. The summed E-state index contributed by atoms with van der Waals surface area (Å²) in [6.07, 6.45) is 6.34. The van der Waals surface area contributed by atoms with Crippen molar-refractivity contribution < 1.29 is 9.21 Å². The second-order valence-corrected chi connectivity index (χ2v) is 5.14. The number of amides is 1. The zero-order valence-corrected chi connectivity index (χ0v) is 11.5. The highest BCUT2D eigenvalue weighted by molar-refractivity contribution is 7.19. The number of hydrogen-bond acceptors (Lipinski definition) is 5. The summed E-state index contributed by atoms with van der Waals surface area (Å²) in [6, 6.07) is 5.41. The Labute approximate surface area is 119 Å². The van der Waals surface area contributed by atoms with Crippen molar-refractivity contribution in [3.63, 3.8) is 0 Å². The van der Waals surface area contributed by atoms with Crippen molar-refractivity contribution in [2.75, 3.05) is 5.32 Å². The molecule has 0 saturated carbocycles. The molecule has 6 heteroatoms. The predicted molar refractivity (Wildman–Crippen MR) is 76.7 cm³/mol. The molecule has 3 aromatic rings. The number of carbonyl (C=O) groups excluding carboxylic acids is 1. The fraction of sp³-hybridized carbons (Fsp3) is 0.0714. The topological polar surface area (TPSA) is 68.0 Å². The first-order valence-corrected chi connectivity index (χ1v) is 6.77. The van der Waals surface area contributed by atoms with E-state index in [-0.39, 0.29) is 5.91 Å². The van der Waals surface area contributed by atoms with Crippen LogP contribution in [0.25, 0.3) is 10.6 Å². The standard InChI is InChI=1S/C14H11N3O2S/c1-9-13(17-12(18)11-4-6-19-8-11)20-14(16-9)10-3-2-5-15-7-10/h2-8H,1H3,(H,17,18). The maximum absolute atomic E-state index is 12.0. The Morgan fingerprint density at radius 1 is 1.40 bits per heavy atom. The Bertz CT molecular complexity index is 720. The molecule has 0 aliphatic rings. The molecular formula is C14H11N3O2S. The van der Waals surface area contributed by atoms with Crippen LogP contribution in [0.3, 0.4) is 0 Å². The first-order valence-electron chi connectivity index (χ1n) is 5.95. The minimum Gasteiger partial charge on any atom is -0.472 e. The predicted octanol–water partition coefficient (Wildman–Crippen LogP) is 3.36. The minimum atomic E-state index is -0.205. The first kappa shape index (κ1) is 12.6. The zero-order chi connectivity index (χ0) is 13.9. The van der Waals surface area contributed by atoms with Crippen LogP contribution in [0.2, 0.25) is 0 Å². The number of carbonyl (C=O) groups is 1. The Kier molecular flexibility index (Phi) is 3.30. The van der Waals surface area contributed by atoms with Gasteiger partial charge in [0.2, 0.25) is 0 Å². The summed E-state index contributed by atoms with van der Waals surface area (Å²) in [6.45, 7) is 1.86. The summed E-state index contributed by atoms with van der Waals surface area (Å²) in [4.78, 5) is 20.5. The number of hydrogen-bond donors (Lipinski definition) is 1. The molecule has 0 aromatic carbocycles. The van der Waals surface area contributed by atoms with Gasteiger partial charge in [0.25, 0.3) is 5.91 Å². The second-order valence-electron chi connectivity index (χ2n) is 4.14. The third kappa shape index (κ3) is 2.46. The number of nitrogens with zero attached hydrogens (tertiary/aromatic N) is 2. The molecule has 0 saturated heterocycles. The molecule has 0 aliphatic carbocycles. The van der Waals surface area contributed by atoms with Gasteiger partial charge in [-0.2, -0.15) is 0 Å². The smallest absolute Gasteiger partial charge is 0.259 e. The number of aryl methyl sites for hydroxylation is 1. The number of thiazole rings is 1. The molecule has 3 heterocycles. The molecule has 1 amide bonds. The van der Waals surface area contributed by atoms with Gasteiger partial charge in [-0.05, 0) is 25.1 Å². The van der Waals surface area contributed by atoms with Gasteiger partial charge in [0.1, 0.15) is 16.3 Å². The molecule has 0 radical (unpaired) electrons. The molecule has 3 rings (SSSR count). The van der Waals surface area contributed by atoms with E-state index in [1.54, 1.807) is 18.5 Å². The Hall–Kier alpha value is -2.47. The average molecular weight is 285 g/mol. The van der Waals surface area contributed by atoms with Gasteiger partial charge >= 0.3 is 0 Å². The van der Waals surface area contributed by atoms with Crippen molar-refractivity contribution in [2.45, 2.75) is 6.92 Å². The zero-order valence-electron chi connectivity index (χ0n) is 10.7. The van der Waals surface area contributed by atoms with E-state index in [0.717, 1.165) is 21.3 Å². The van der Waals surface area contributed by atoms with Crippen molar-refractivity contribution >= 4 is 22.2 Å². The van der Waals surface area contributed by atoms with Gasteiger partial charge in [0, 0.05) is 18.0 Å². The molecule has 3 aromatic heterocycles. The molecule has 5 nitrogen and oxygen atoms in total. The van der Waals surface area contributed by atoms with Crippen LogP contribution in [0.4, 0.5) is 5.00 Å². The number of anilines is 1. The lowest BCUT2D eigenvalue weighted by Crippen LogP contribution is -2.10. The third-order valence-electron chi connectivity index (χ3n) is 2.72. The maximum Gasteiger partial charge on any atom is 0.259 e. The van der Waals surface area contributed by atoms with Crippen LogP contribution in [0.5, 0.6) is 0 Å². The van der Waals surface area contributed by atoms with Crippen molar-refractivity contribution in [1.29, 1.82) is 0 Å². The summed E-state index contributed by atoms with van der Waals surface area (Å²) >= 11 is 1.42. The van der Waals surface area contributed by atoms with Crippen LogP contribution in [0.1, 0.15) is 16.1 Å². The van der Waals surface area contributed by atoms with Crippen LogP contribution in [0.15, 0.2) is 47.5 Å². The van der Waals surface area contributed by atoms with Gasteiger partial charge < -0.3 is 9.73 Å². The molecule has 0 spiro atoms. The van der Waals surface area contributed by atoms with Crippen molar-refractivity contribution in [3.05, 3.63) is 54.4 Å². The van der Waals surface area contributed by atoms with Crippen LogP contribution in [-0.4, -0.2) is 15.9 Å². The van der Waals surface area contributed by atoms with E-state index in [1.807, 2.05) is 19.1 Å². The quantitative estimate of drug-likeness (QED) is 0.801. The van der Waals surface area contributed by atoms with Crippen molar-refractivity contribution in [3.8, 4) is 10.6 Å². The number of aromatic nitrogens is 2. The molecule has 100 valence electrons. The number of rotatable bonds is 3. The van der Waals surface area contributed by atoms with Crippen LogP contribution in [-0.2, 0) is 0 Å². The fourth-order valence-corrected chi connectivity index (χ4v) is 2.65. The molecule has 1 N–H and O–H groups in total. The molecule has 0 fully saturated rings. The summed E-state index contributed by atoms with van der Waals surface area (Å²) in [5.41, 5.74) is 2.20. The molecular weight excluding hydrogens is 274 g/mol. The maximum atomic E-state index is 12.0. The van der Waals surface area contributed by atoms with E-state index >= 15 is 0 Å². The first-order chi connectivity index (χ1) is 9.74. The van der Waals surface area contributed by atoms with Crippen molar-refractivity contribution in [1.82, 2.24) is 9.97 Å². The van der Waals surface area contributed by atoms with Gasteiger partial charge in [-0.3, -0.25) is 9.78 Å². The van der Waals surface area contributed by atoms with Crippen molar-refractivity contribution in [2.24, 2.45) is 0 Å². The molecule has 0 aliphatic heterocycles. The molecule has 0 unspecified atom stereocenters. The van der Waals surface area contributed by atoms with Gasteiger partial charge in [-0.25, -0.2) is 4.98 Å². The van der Waals surface area contributed by atoms with Crippen LogP contribution in [0, 0.1) is 6.92 Å². The highest BCUT2D eigenvalue weighted by atomic mass is 32.1. The van der Waals surface area contributed by atoms with E-state index < -0.39 is 0 Å². The van der Waals surface area contributed by atoms with Gasteiger partial charge in [0.15, 0.2) is 0 Å². The van der Waals surface area contributed by atoms with Crippen LogP contribution >= 0.6 is 11.3 Å². The number of furan rings is 1. The minimum absolute atomic E-state index is 0.205. The van der Waals surface area contributed by atoms with Gasteiger partial charge in [-0.15, -0.1) is 0 Å². The molecule has 0 atom stereocenters. The molecule has 20 heavy (non-hydrogen) atoms. The monoisotopic (exact) mass is 285 g/mol. The van der Waals surface area contributed by atoms with E-state index in [9.17, 15) is 4.79 Å². The summed E-state index contributed by atoms with van der Waals surface area (Å²) in [5, 5.41) is 4.40. The summed E-state index contributed by atoms with van der Waals surface area (Å²) in [5.74, 6) is -0.205. The normalized spacial score (nSPS) is 10.4.